The summed E-state index contributed by atoms with van der Waals surface area (Å²) in [5.41, 5.74) is 6.39. The fraction of sp³-hybridized carbons (Fsp3) is 0.385. The van der Waals surface area contributed by atoms with Crippen LogP contribution in [0.3, 0.4) is 0 Å². The number of hydrogen-bond donors (Lipinski definition) is 1. The Morgan fingerprint density at radius 1 is 1.50 bits per heavy atom. The third-order valence-electron chi connectivity index (χ3n) is 3.11. The molecule has 2 N–H and O–H groups in total. The predicted molar refractivity (Wildman–Crippen MR) is 73.5 cm³/mol. The van der Waals surface area contributed by atoms with Crippen molar-refractivity contribution in [2.24, 2.45) is 0 Å². The van der Waals surface area contributed by atoms with Crippen LogP contribution in [0.5, 0.6) is 0 Å². The lowest BCUT2D eigenvalue weighted by atomic mass is 10.1. The zero-order valence-electron chi connectivity index (χ0n) is 11.0. The van der Waals surface area contributed by atoms with E-state index in [1.807, 2.05) is 0 Å². The smallest absolute Gasteiger partial charge is 0.331 e. The largest absolute Gasteiger partial charge is 0.467 e. The van der Waals surface area contributed by atoms with Crippen LogP contribution in [0.25, 0.3) is 0 Å². The maximum atomic E-state index is 12.5. The third kappa shape index (κ3) is 2.86. The molecule has 0 bridgehead atoms. The number of halogens is 1. The van der Waals surface area contributed by atoms with Gasteiger partial charge in [-0.25, -0.2) is 4.79 Å². The van der Waals surface area contributed by atoms with E-state index >= 15 is 0 Å². The van der Waals surface area contributed by atoms with E-state index in [-0.39, 0.29) is 12.5 Å². The second kappa shape index (κ2) is 6.11. The number of rotatable bonds is 2. The summed E-state index contributed by atoms with van der Waals surface area (Å²) in [6.07, 6.45) is 0. The number of carbonyl (C=O) groups is 2. The molecule has 0 saturated carbocycles. The van der Waals surface area contributed by atoms with Gasteiger partial charge in [-0.15, -0.1) is 0 Å². The van der Waals surface area contributed by atoms with E-state index in [1.165, 1.54) is 18.1 Å². The number of esters is 1. The lowest BCUT2D eigenvalue weighted by molar-refractivity contribution is -0.151. The van der Waals surface area contributed by atoms with Crippen LogP contribution in [-0.2, 0) is 14.3 Å². The number of amides is 1. The van der Waals surface area contributed by atoms with Gasteiger partial charge in [-0.1, -0.05) is 11.6 Å². The van der Waals surface area contributed by atoms with Crippen molar-refractivity contribution in [3.8, 4) is 0 Å². The van der Waals surface area contributed by atoms with Crippen LogP contribution in [0.4, 0.5) is 5.69 Å². The molecule has 1 saturated heterocycles. The van der Waals surface area contributed by atoms with Crippen molar-refractivity contribution in [3.05, 3.63) is 28.8 Å². The van der Waals surface area contributed by atoms with Crippen molar-refractivity contribution < 1.29 is 19.1 Å². The monoisotopic (exact) mass is 298 g/mol. The summed E-state index contributed by atoms with van der Waals surface area (Å²) in [5.74, 6) is -0.801. The van der Waals surface area contributed by atoms with E-state index in [1.54, 1.807) is 12.1 Å². The van der Waals surface area contributed by atoms with Crippen LogP contribution in [-0.4, -0.2) is 49.7 Å². The topological polar surface area (TPSA) is 81.9 Å². The minimum atomic E-state index is -0.738. The van der Waals surface area contributed by atoms with Crippen molar-refractivity contribution >= 4 is 29.2 Å². The molecule has 0 spiro atoms. The molecule has 0 aromatic heterocycles. The first kappa shape index (κ1) is 14.6. The van der Waals surface area contributed by atoms with Crippen molar-refractivity contribution in [1.82, 2.24) is 4.90 Å². The summed E-state index contributed by atoms with van der Waals surface area (Å²) >= 11 is 5.91. The van der Waals surface area contributed by atoms with Gasteiger partial charge in [0.05, 0.1) is 31.0 Å². The van der Waals surface area contributed by atoms with Gasteiger partial charge in [-0.05, 0) is 18.2 Å². The molecule has 1 unspecified atom stereocenters. The van der Waals surface area contributed by atoms with Crippen LogP contribution >= 0.6 is 11.6 Å². The number of carbonyl (C=O) groups excluding carboxylic acids is 2. The number of nitrogens with zero attached hydrogens (tertiary/aromatic N) is 1. The zero-order chi connectivity index (χ0) is 14.7. The summed E-state index contributed by atoms with van der Waals surface area (Å²) in [6.45, 7) is 0.823. The standard InChI is InChI=1S/C13H15ClN2O4/c1-19-13(18)11-7-20-5-4-16(11)12(17)8-2-3-10(15)9(14)6-8/h2-3,6,11H,4-5,7,15H2,1H3. The van der Waals surface area contributed by atoms with E-state index in [4.69, 9.17) is 22.1 Å². The fourth-order valence-electron chi connectivity index (χ4n) is 2.00. The second-order valence-corrected chi connectivity index (χ2v) is 4.76. The van der Waals surface area contributed by atoms with Gasteiger partial charge in [0.1, 0.15) is 0 Å². The van der Waals surface area contributed by atoms with Crippen LogP contribution in [0.2, 0.25) is 5.02 Å². The minimum Gasteiger partial charge on any atom is -0.467 e. The number of morpholine rings is 1. The number of methoxy groups -OCH3 is 1. The molecule has 1 aliphatic heterocycles. The molecule has 108 valence electrons. The molecular weight excluding hydrogens is 284 g/mol. The first-order valence-electron chi connectivity index (χ1n) is 6.06. The highest BCUT2D eigenvalue weighted by Crippen LogP contribution is 2.22. The van der Waals surface area contributed by atoms with Gasteiger partial charge < -0.3 is 20.1 Å². The summed E-state index contributed by atoms with van der Waals surface area (Å²) in [4.78, 5) is 25.6. The maximum Gasteiger partial charge on any atom is 0.331 e. The van der Waals surface area contributed by atoms with Gasteiger partial charge in [-0.2, -0.15) is 0 Å². The van der Waals surface area contributed by atoms with Crippen LogP contribution < -0.4 is 5.73 Å². The third-order valence-corrected chi connectivity index (χ3v) is 3.44. The molecule has 1 atom stereocenters. The predicted octanol–water partition coefficient (Wildman–Crippen LogP) is 0.936. The number of hydrogen-bond acceptors (Lipinski definition) is 5. The van der Waals surface area contributed by atoms with E-state index in [2.05, 4.69) is 4.74 Å². The first-order valence-corrected chi connectivity index (χ1v) is 6.44. The SMILES string of the molecule is COC(=O)C1COCCN1C(=O)c1ccc(N)c(Cl)c1. The molecule has 1 amide bonds. The number of nitrogens with two attached hydrogens (primary N) is 1. The van der Waals surface area contributed by atoms with Crippen LogP contribution in [0.1, 0.15) is 10.4 Å². The molecular formula is C13H15ClN2O4. The molecule has 20 heavy (non-hydrogen) atoms. The van der Waals surface area contributed by atoms with E-state index in [0.29, 0.717) is 29.4 Å². The Morgan fingerprint density at radius 2 is 2.25 bits per heavy atom. The average molecular weight is 299 g/mol. The van der Waals surface area contributed by atoms with Gasteiger partial charge in [0, 0.05) is 12.1 Å². The molecule has 0 aliphatic carbocycles. The summed E-state index contributed by atoms with van der Waals surface area (Å²) in [7, 11) is 1.28. The summed E-state index contributed by atoms with van der Waals surface area (Å²) in [5, 5.41) is 0.304. The van der Waals surface area contributed by atoms with Gasteiger partial charge in [0.2, 0.25) is 0 Å². The lowest BCUT2D eigenvalue weighted by Gasteiger charge is -2.33. The fourth-order valence-corrected chi connectivity index (χ4v) is 2.18. The summed E-state index contributed by atoms with van der Waals surface area (Å²) in [6, 6.07) is 3.89. The highest BCUT2D eigenvalue weighted by molar-refractivity contribution is 6.33. The highest BCUT2D eigenvalue weighted by atomic mass is 35.5. The highest BCUT2D eigenvalue weighted by Gasteiger charge is 2.34. The Kier molecular flexibility index (Phi) is 4.46. The number of nitrogen functional groups attached to an aromatic ring is 1. The van der Waals surface area contributed by atoms with Gasteiger partial charge in [0.25, 0.3) is 5.91 Å². The molecule has 1 aromatic rings. The number of benzene rings is 1. The Morgan fingerprint density at radius 3 is 2.90 bits per heavy atom. The number of anilines is 1. The molecule has 1 fully saturated rings. The molecule has 6 nitrogen and oxygen atoms in total. The van der Waals surface area contributed by atoms with Gasteiger partial charge in [-0.3, -0.25) is 4.79 Å². The zero-order valence-corrected chi connectivity index (χ0v) is 11.7. The van der Waals surface area contributed by atoms with Crippen molar-refractivity contribution in [2.75, 3.05) is 32.6 Å². The van der Waals surface area contributed by atoms with Crippen molar-refractivity contribution in [1.29, 1.82) is 0 Å². The lowest BCUT2D eigenvalue weighted by Crippen LogP contribution is -2.53. The normalized spacial score (nSPS) is 18.7. The Labute approximate surface area is 121 Å². The molecule has 7 heteroatoms. The first-order chi connectivity index (χ1) is 9.54. The number of ether oxygens (including phenoxy) is 2. The Bertz CT molecular complexity index is 535. The van der Waals surface area contributed by atoms with E-state index in [9.17, 15) is 9.59 Å². The summed E-state index contributed by atoms with van der Waals surface area (Å²) < 4.78 is 9.91. The van der Waals surface area contributed by atoms with E-state index < -0.39 is 12.0 Å². The molecule has 1 aliphatic rings. The maximum absolute atomic E-state index is 12.5. The quantitative estimate of drug-likeness (QED) is 0.649. The van der Waals surface area contributed by atoms with Crippen molar-refractivity contribution in [3.63, 3.8) is 0 Å². The van der Waals surface area contributed by atoms with Crippen LogP contribution in [0, 0.1) is 0 Å². The van der Waals surface area contributed by atoms with Gasteiger partial charge >= 0.3 is 5.97 Å². The van der Waals surface area contributed by atoms with E-state index in [0.717, 1.165) is 0 Å². The van der Waals surface area contributed by atoms with Gasteiger partial charge in [0.15, 0.2) is 6.04 Å². The molecule has 1 heterocycles. The minimum absolute atomic E-state index is 0.126. The second-order valence-electron chi connectivity index (χ2n) is 4.35. The average Bonchev–Trinajstić information content (AvgIpc) is 2.48. The molecule has 1 aromatic carbocycles. The Hall–Kier alpha value is -1.79. The van der Waals surface area contributed by atoms with Crippen molar-refractivity contribution in [2.45, 2.75) is 6.04 Å². The molecule has 0 radical (unpaired) electrons. The Balaban J connectivity index is 2.25. The van der Waals surface area contributed by atoms with Crippen LogP contribution in [0.15, 0.2) is 18.2 Å². The molecule has 2 rings (SSSR count).